The smallest absolute Gasteiger partial charge is 0.417 e. The van der Waals surface area contributed by atoms with Gasteiger partial charge < -0.3 is 15.2 Å². The molecular weight excluding hydrogens is 1030 g/mol. The maximum atomic E-state index is 14.7. The predicted octanol–water partition coefficient (Wildman–Crippen LogP) is 9.97. The number of nitrogens with two attached hydrogens (primary N) is 1. The van der Waals surface area contributed by atoms with Crippen molar-refractivity contribution in [3.05, 3.63) is 117 Å². The Morgan fingerprint density at radius 1 is 0.704 bits per heavy atom. The monoisotopic (exact) mass is 1080 g/mol. The molecule has 6 heterocycles. The van der Waals surface area contributed by atoms with Crippen LogP contribution in [-0.2, 0) is 20.3 Å². The number of carbonyl (C=O) groups is 4. The number of ether oxygens (including phenoxy) is 2. The number of ketones is 1. The average molecular weight is 1090 g/mol. The third-order valence-electron chi connectivity index (χ3n) is 10.6. The second-order valence-electron chi connectivity index (χ2n) is 18.7. The van der Waals surface area contributed by atoms with Gasteiger partial charge in [0.1, 0.15) is 45.1 Å². The van der Waals surface area contributed by atoms with Crippen LogP contribution in [0, 0.1) is 11.6 Å². The first-order valence-corrected chi connectivity index (χ1v) is 24.3. The molecule has 0 saturated heterocycles. The van der Waals surface area contributed by atoms with Crippen molar-refractivity contribution in [1.29, 1.82) is 0 Å². The molecule has 0 radical (unpaired) electrons. The van der Waals surface area contributed by atoms with Crippen LogP contribution in [0.5, 0.6) is 0 Å². The fourth-order valence-corrected chi connectivity index (χ4v) is 8.99. The number of thiazole rings is 2. The predicted molar refractivity (Wildman–Crippen MR) is 261 cm³/mol. The van der Waals surface area contributed by atoms with E-state index in [-0.39, 0.29) is 72.7 Å². The van der Waals surface area contributed by atoms with E-state index in [9.17, 15) is 36.7 Å². The maximum absolute atomic E-state index is 14.7. The van der Waals surface area contributed by atoms with Crippen LogP contribution in [0.25, 0.3) is 10.6 Å². The molecule has 24 heteroatoms. The summed E-state index contributed by atoms with van der Waals surface area (Å²) in [6.45, 7) is 11.7. The SMILES string of the molecule is CC(=O)c1cncs1.CC(C)(C)OC(=O)N(CC1(c2ncccc2F)CC(F)C1)c1ncc(-c2ncc(C(N)=O)s2)cn1.CC(C)(C)OC(=O)N(CC1(c2ncccc2F)CC(F)C1)c1ncc(Br)cn1. The molecule has 0 atom stereocenters. The fourth-order valence-electron chi connectivity index (χ4n) is 7.52. The minimum Gasteiger partial charge on any atom is -0.443 e. The van der Waals surface area contributed by atoms with Crippen molar-refractivity contribution in [2.75, 3.05) is 22.9 Å². The van der Waals surface area contributed by atoms with Crippen molar-refractivity contribution in [2.24, 2.45) is 5.73 Å². The van der Waals surface area contributed by atoms with Gasteiger partial charge in [0.15, 0.2) is 5.78 Å². The highest BCUT2D eigenvalue weighted by Gasteiger charge is 2.52. The summed E-state index contributed by atoms with van der Waals surface area (Å²) in [7, 11) is 0. The Labute approximate surface area is 422 Å². The molecule has 0 spiro atoms. The van der Waals surface area contributed by atoms with Gasteiger partial charge in [0.05, 0.1) is 32.4 Å². The minimum atomic E-state index is -1.15. The number of rotatable bonds is 11. The third kappa shape index (κ3) is 13.9. The number of pyridine rings is 2. The molecule has 2 N–H and O–H groups in total. The van der Waals surface area contributed by atoms with E-state index in [0.29, 0.717) is 15.0 Å². The van der Waals surface area contributed by atoms with Gasteiger partial charge in [-0.2, -0.15) is 0 Å². The van der Waals surface area contributed by atoms with E-state index in [0.717, 1.165) is 16.2 Å². The molecule has 8 rings (SSSR count). The highest BCUT2D eigenvalue weighted by atomic mass is 79.9. The Morgan fingerprint density at radius 2 is 1.15 bits per heavy atom. The molecule has 2 fully saturated rings. The lowest BCUT2D eigenvalue weighted by Crippen LogP contribution is -2.54. The minimum absolute atomic E-state index is 0.00662. The lowest BCUT2D eigenvalue weighted by molar-refractivity contribution is 0.0499. The van der Waals surface area contributed by atoms with E-state index < -0.39 is 64.1 Å². The van der Waals surface area contributed by atoms with E-state index in [4.69, 9.17) is 15.2 Å². The van der Waals surface area contributed by atoms with Gasteiger partial charge in [-0.15, -0.1) is 22.7 Å². The number of aromatic nitrogens is 8. The highest BCUT2D eigenvalue weighted by molar-refractivity contribution is 9.10. The second-order valence-corrected chi connectivity index (χ2v) is 21.5. The molecule has 376 valence electrons. The zero-order chi connectivity index (χ0) is 51.9. The van der Waals surface area contributed by atoms with Crippen molar-refractivity contribution in [1.82, 2.24) is 39.9 Å². The summed E-state index contributed by atoms with van der Waals surface area (Å²) < 4.78 is 68.8. The van der Waals surface area contributed by atoms with Gasteiger partial charge in [0, 0.05) is 79.8 Å². The van der Waals surface area contributed by atoms with Crippen LogP contribution in [0.3, 0.4) is 0 Å². The number of amides is 3. The Balaban J connectivity index is 0.000000204. The summed E-state index contributed by atoms with van der Waals surface area (Å²) in [6, 6.07) is 5.46. The van der Waals surface area contributed by atoms with Crippen LogP contribution < -0.4 is 15.5 Å². The summed E-state index contributed by atoms with van der Waals surface area (Å²) in [4.78, 5) is 84.4. The van der Waals surface area contributed by atoms with Crippen LogP contribution in [0.2, 0.25) is 0 Å². The van der Waals surface area contributed by atoms with E-state index in [1.54, 1.807) is 53.2 Å². The van der Waals surface area contributed by atoms with Crippen molar-refractivity contribution in [3.63, 3.8) is 0 Å². The van der Waals surface area contributed by atoms with Gasteiger partial charge in [-0.05, 0) is 107 Å². The number of alkyl halides is 2. The summed E-state index contributed by atoms with van der Waals surface area (Å²) >= 11 is 5.70. The topological polar surface area (TPSA) is 222 Å². The lowest BCUT2D eigenvalue weighted by atomic mass is 9.64. The maximum Gasteiger partial charge on any atom is 0.417 e. The number of primary amides is 1. The van der Waals surface area contributed by atoms with Crippen molar-refractivity contribution < 1.29 is 46.2 Å². The normalized spacial score (nSPS) is 19.3. The first-order chi connectivity index (χ1) is 33.4. The second kappa shape index (κ2) is 22.4. The molecule has 2 aliphatic carbocycles. The number of hydrogen-bond donors (Lipinski definition) is 1. The number of anilines is 2. The van der Waals surface area contributed by atoms with Crippen LogP contribution in [-0.4, -0.2) is 100 Å². The molecule has 0 bridgehead atoms. The van der Waals surface area contributed by atoms with Crippen molar-refractivity contribution >= 4 is 74.4 Å². The lowest BCUT2D eigenvalue weighted by Gasteiger charge is -2.45. The van der Waals surface area contributed by atoms with Gasteiger partial charge in [-0.1, -0.05) is 0 Å². The summed E-state index contributed by atoms with van der Waals surface area (Å²) in [5, 5.41) is 0.473. The summed E-state index contributed by atoms with van der Waals surface area (Å²) in [6.07, 6.45) is 8.10. The van der Waals surface area contributed by atoms with Crippen LogP contribution in [0.4, 0.5) is 39.0 Å². The molecule has 0 aliphatic heterocycles. The molecule has 3 amide bonds. The molecule has 0 aromatic carbocycles. The Kier molecular flexibility index (Phi) is 17.0. The van der Waals surface area contributed by atoms with Gasteiger partial charge in [0.2, 0.25) is 11.9 Å². The van der Waals surface area contributed by atoms with E-state index in [2.05, 4.69) is 55.8 Å². The largest absolute Gasteiger partial charge is 0.443 e. The summed E-state index contributed by atoms with van der Waals surface area (Å²) in [5.74, 6) is -1.53. The first kappa shape index (κ1) is 53.9. The standard InChI is InChI=1S/C23H24F2N6O3S.C19H21BrF2N4O2.C5H5NOS/c1-22(2,3)34-21(33)31(12-23(7-14(24)8-23)17-15(25)5-4-6-27-17)20-29-9-13(10-30-20)19-28-11-16(35-19)18(26)32;1-18(2,3)28-17(27)26(16-24-9-12(20)10-25-16)11-19(7-13(21)8-19)15-14(22)5-4-6-23-15;1-4(7)5-2-6-3-8-5/h4-6,9-11,14H,7-8,12H2,1-3H3,(H2,26,32);4-6,9-10,13H,7-8,11H2,1-3H3;2-3H,1H3. The molecule has 71 heavy (non-hydrogen) atoms. The van der Waals surface area contributed by atoms with Gasteiger partial charge in [0.25, 0.3) is 5.91 Å². The Bertz CT molecular complexity index is 2800. The van der Waals surface area contributed by atoms with Crippen molar-refractivity contribution in [2.45, 2.75) is 109 Å². The zero-order valence-electron chi connectivity index (χ0n) is 39.6. The van der Waals surface area contributed by atoms with Crippen LogP contribution >= 0.6 is 38.6 Å². The van der Waals surface area contributed by atoms with E-state index in [1.165, 1.54) is 95.7 Å². The molecule has 2 aliphatic rings. The molecule has 0 unspecified atom stereocenters. The molecular formula is C47H50BrF4N11O6S2. The summed E-state index contributed by atoms with van der Waals surface area (Å²) in [5.41, 5.74) is 4.04. The number of halogens is 5. The number of carbonyl (C=O) groups excluding carboxylic acids is 4. The first-order valence-electron chi connectivity index (χ1n) is 21.8. The molecule has 2 saturated carbocycles. The number of nitrogens with zero attached hydrogens (tertiary/aromatic N) is 10. The Morgan fingerprint density at radius 3 is 1.49 bits per heavy atom. The number of Topliss-reactive ketones (excluding diaryl/α,β-unsaturated/α-hetero) is 1. The zero-order valence-corrected chi connectivity index (χ0v) is 42.8. The quantitative estimate of drug-likeness (QED) is 0.0942. The van der Waals surface area contributed by atoms with E-state index >= 15 is 0 Å². The van der Waals surface area contributed by atoms with Crippen molar-refractivity contribution in [3.8, 4) is 10.6 Å². The van der Waals surface area contributed by atoms with Gasteiger partial charge in [-0.3, -0.25) is 24.5 Å². The van der Waals surface area contributed by atoms with E-state index in [1.807, 2.05) is 0 Å². The Hall–Kier alpha value is -6.40. The number of hydrogen-bond acceptors (Lipinski definition) is 16. The molecule has 6 aromatic heterocycles. The molecule has 6 aromatic rings. The van der Waals surface area contributed by atoms with Gasteiger partial charge >= 0.3 is 12.2 Å². The molecule has 17 nitrogen and oxygen atoms in total. The third-order valence-corrected chi connectivity index (χ3v) is 13.0. The van der Waals surface area contributed by atoms with Crippen LogP contribution in [0.15, 0.2) is 83.8 Å². The fraction of sp³-hybridized carbons (Fsp3) is 0.404. The average Bonchev–Trinajstić information content (AvgIpc) is 4.01. The van der Waals surface area contributed by atoms with Crippen LogP contribution in [0.1, 0.15) is 105 Å². The highest BCUT2D eigenvalue weighted by Crippen LogP contribution is 2.48. The van der Waals surface area contributed by atoms with Gasteiger partial charge in [-0.25, -0.2) is 61.9 Å².